The van der Waals surface area contributed by atoms with E-state index < -0.39 is 0 Å². The van der Waals surface area contributed by atoms with Crippen LogP contribution >= 0.6 is 0 Å². The zero-order valence-corrected chi connectivity index (χ0v) is 16.5. The number of epoxide rings is 1. The van der Waals surface area contributed by atoms with Crippen molar-refractivity contribution in [2.75, 3.05) is 6.61 Å². The highest BCUT2D eigenvalue weighted by Crippen LogP contribution is 2.40. The summed E-state index contributed by atoms with van der Waals surface area (Å²) in [5.74, 6) is 1.78. The predicted molar refractivity (Wildman–Crippen MR) is 111 cm³/mol. The maximum absolute atomic E-state index is 12.1. The molecule has 3 aromatic carbocycles. The molecule has 1 saturated heterocycles. The molecule has 3 aromatic rings. The Morgan fingerprint density at radius 1 is 0.933 bits per heavy atom. The molecule has 2 atom stereocenters. The van der Waals surface area contributed by atoms with Gasteiger partial charge in [-0.25, -0.2) is 0 Å². The number of carbonyl (C=O) groups excluding carboxylic acids is 1. The lowest BCUT2D eigenvalue weighted by Crippen LogP contribution is -2.11. The zero-order chi connectivity index (χ0) is 20.3. The number of esters is 1. The van der Waals surface area contributed by atoms with Gasteiger partial charge in [0, 0.05) is 6.42 Å². The lowest BCUT2D eigenvalue weighted by Gasteiger charge is -2.14. The Balaban J connectivity index is 1.42. The number of rotatable bonds is 3. The fourth-order valence-electron chi connectivity index (χ4n) is 3.55. The molecule has 30 heavy (non-hydrogen) atoms. The minimum absolute atomic E-state index is 0.0252. The third-order valence-electron chi connectivity index (χ3n) is 5.29. The van der Waals surface area contributed by atoms with Crippen molar-refractivity contribution in [1.29, 1.82) is 0 Å². The molecule has 5 heteroatoms. The quantitative estimate of drug-likeness (QED) is 0.456. The lowest BCUT2D eigenvalue weighted by molar-refractivity contribution is -0.144. The second kappa shape index (κ2) is 8.20. The van der Waals surface area contributed by atoms with Crippen LogP contribution in [0.2, 0.25) is 0 Å². The summed E-state index contributed by atoms with van der Waals surface area (Å²) in [4.78, 5) is 12.1. The van der Waals surface area contributed by atoms with E-state index in [1.54, 1.807) is 0 Å². The van der Waals surface area contributed by atoms with Gasteiger partial charge in [-0.2, -0.15) is 0 Å². The molecule has 5 nitrogen and oxygen atoms in total. The van der Waals surface area contributed by atoms with Crippen molar-refractivity contribution in [1.82, 2.24) is 0 Å². The number of benzene rings is 3. The van der Waals surface area contributed by atoms with E-state index in [4.69, 9.17) is 18.9 Å². The number of hydrogen-bond acceptors (Lipinski definition) is 5. The number of hydrogen-bond donors (Lipinski definition) is 0. The van der Waals surface area contributed by atoms with Crippen LogP contribution in [0.5, 0.6) is 17.2 Å². The zero-order valence-electron chi connectivity index (χ0n) is 16.5. The van der Waals surface area contributed by atoms with E-state index in [1.165, 1.54) is 0 Å². The first-order valence-corrected chi connectivity index (χ1v) is 10.1. The Bertz CT molecular complexity index is 1030. The second-order valence-electron chi connectivity index (χ2n) is 7.50. The Morgan fingerprint density at radius 2 is 1.77 bits per heavy atom. The molecule has 4 bridgehead atoms. The summed E-state index contributed by atoms with van der Waals surface area (Å²) in [5.41, 5.74) is 3.12. The highest BCUT2D eigenvalue weighted by atomic mass is 16.6. The molecule has 0 aromatic heterocycles. The highest BCUT2D eigenvalue weighted by Gasteiger charge is 2.41. The summed E-state index contributed by atoms with van der Waals surface area (Å²) in [6, 6.07) is 23.6. The summed E-state index contributed by atoms with van der Waals surface area (Å²) >= 11 is 0. The van der Waals surface area contributed by atoms with E-state index in [0.29, 0.717) is 37.6 Å². The normalized spacial score (nSPS) is 20.2. The molecule has 0 unspecified atom stereocenters. The van der Waals surface area contributed by atoms with Gasteiger partial charge >= 0.3 is 5.97 Å². The van der Waals surface area contributed by atoms with E-state index in [0.717, 1.165) is 22.4 Å². The van der Waals surface area contributed by atoms with Gasteiger partial charge in [0.1, 0.15) is 31.2 Å². The predicted octanol–water partition coefficient (Wildman–Crippen LogP) is 4.99. The summed E-state index contributed by atoms with van der Waals surface area (Å²) in [6.45, 7) is 0.738. The van der Waals surface area contributed by atoms with Gasteiger partial charge in [-0.15, -0.1) is 0 Å². The molecule has 152 valence electrons. The second-order valence-corrected chi connectivity index (χ2v) is 7.50. The first-order chi connectivity index (χ1) is 14.7. The van der Waals surface area contributed by atoms with Gasteiger partial charge in [0.05, 0.1) is 0 Å². The number of fused-ring (bicyclic) bond motifs is 6. The Kier molecular flexibility index (Phi) is 5.11. The first kappa shape index (κ1) is 18.7. The summed E-state index contributed by atoms with van der Waals surface area (Å²) in [6.07, 6.45) is 0.791. The van der Waals surface area contributed by atoms with Crippen molar-refractivity contribution in [3.63, 3.8) is 0 Å². The molecule has 3 aliphatic rings. The van der Waals surface area contributed by atoms with Crippen LogP contribution in [-0.2, 0) is 27.3 Å². The molecule has 0 saturated carbocycles. The van der Waals surface area contributed by atoms with E-state index in [2.05, 4.69) is 0 Å². The molecule has 1 fully saturated rings. The molecule has 6 rings (SSSR count). The van der Waals surface area contributed by atoms with Crippen LogP contribution in [0.1, 0.15) is 29.2 Å². The van der Waals surface area contributed by atoms with Gasteiger partial charge in [-0.05, 0) is 47.4 Å². The van der Waals surface area contributed by atoms with Crippen LogP contribution in [0, 0.1) is 0 Å². The van der Waals surface area contributed by atoms with Crippen molar-refractivity contribution in [3.8, 4) is 17.2 Å². The Morgan fingerprint density at radius 3 is 2.60 bits per heavy atom. The fourth-order valence-corrected chi connectivity index (χ4v) is 3.55. The molecule has 3 aliphatic heterocycles. The molecular weight excluding hydrogens is 380 g/mol. The van der Waals surface area contributed by atoms with Crippen LogP contribution in [0.3, 0.4) is 0 Å². The number of aryl methyl sites for hydroxylation is 1. The van der Waals surface area contributed by atoms with Crippen molar-refractivity contribution >= 4 is 5.97 Å². The summed E-state index contributed by atoms with van der Waals surface area (Å²) in [5, 5.41) is 0. The van der Waals surface area contributed by atoms with Crippen LogP contribution in [-0.4, -0.2) is 18.7 Å². The number of carbonyl (C=O) groups is 1. The Hall–Kier alpha value is -3.31. The average Bonchev–Trinajstić information content (AvgIpc) is 3.56. The highest BCUT2D eigenvalue weighted by molar-refractivity contribution is 5.69. The fraction of sp³-hybridized carbons (Fsp3) is 0.240. The molecule has 0 radical (unpaired) electrons. The van der Waals surface area contributed by atoms with Gasteiger partial charge in [0.25, 0.3) is 0 Å². The lowest BCUT2D eigenvalue weighted by atomic mass is 10.1. The molecule has 3 heterocycles. The van der Waals surface area contributed by atoms with Crippen LogP contribution in [0.4, 0.5) is 0 Å². The third-order valence-corrected chi connectivity index (χ3v) is 5.29. The maximum Gasteiger partial charge on any atom is 0.306 e. The summed E-state index contributed by atoms with van der Waals surface area (Å²) < 4.78 is 23.2. The SMILES string of the molecule is O=C1CCc2ccc(OCc3ccccc3)c(c2)Oc2ccc(cc2)[C@H]2O[C@H]2CO1. The monoisotopic (exact) mass is 402 g/mol. The molecule has 0 amide bonds. The molecular formula is C25H22O5. The largest absolute Gasteiger partial charge is 0.485 e. The topological polar surface area (TPSA) is 57.3 Å². The molecule has 0 spiro atoms. The van der Waals surface area contributed by atoms with Crippen LogP contribution in [0.15, 0.2) is 72.8 Å². The van der Waals surface area contributed by atoms with Crippen molar-refractivity contribution in [2.45, 2.75) is 31.7 Å². The van der Waals surface area contributed by atoms with Crippen molar-refractivity contribution in [3.05, 3.63) is 89.5 Å². The smallest absolute Gasteiger partial charge is 0.306 e. The molecule has 0 aliphatic carbocycles. The summed E-state index contributed by atoms with van der Waals surface area (Å²) in [7, 11) is 0. The van der Waals surface area contributed by atoms with E-state index in [9.17, 15) is 4.79 Å². The third kappa shape index (κ3) is 4.31. The Labute approximate surface area is 175 Å². The molecule has 0 N–H and O–H groups in total. The van der Waals surface area contributed by atoms with Crippen molar-refractivity contribution < 1.29 is 23.7 Å². The minimum atomic E-state index is -0.222. The van der Waals surface area contributed by atoms with E-state index in [-0.39, 0.29) is 18.2 Å². The van der Waals surface area contributed by atoms with Gasteiger partial charge in [0.15, 0.2) is 11.5 Å². The van der Waals surface area contributed by atoms with Gasteiger partial charge in [0.2, 0.25) is 0 Å². The first-order valence-electron chi connectivity index (χ1n) is 10.1. The van der Waals surface area contributed by atoms with E-state index in [1.807, 2.05) is 72.8 Å². The van der Waals surface area contributed by atoms with Gasteiger partial charge in [-0.3, -0.25) is 4.79 Å². The van der Waals surface area contributed by atoms with E-state index >= 15 is 0 Å². The van der Waals surface area contributed by atoms with Crippen LogP contribution in [0.25, 0.3) is 0 Å². The van der Waals surface area contributed by atoms with Crippen molar-refractivity contribution in [2.24, 2.45) is 0 Å². The average molecular weight is 402 g/mol. The van der Waals surface area contributed by atoms with Gasteiger partial charge < -0.3 is 18.9 Å². The standard InChI is InChI=1S/C25H22O5/c26-24-13-7-17-6-12-21(27-15-18-4-2-1-3-5-18)22(14-17)29-20-10-8-19(9-11-20)25-23(30-25)16-28-24/h1-6,8-12,14,23,25H,7,13,15-16H2/t23-,25+/m0/s1. The van der Waals surface area contributed by atoms with Gasteiger partial charge in [-0.1, -0.05) is 48.5 Å². The maximum atomic E-state index is 12.1. The van der Waals surface area contributed by atoms with Crippen LogP contribution < -0.4 is 9.47 Å². The number of ether oxygens (including phenoxy) is 4. The minimum Gasteiger partial charge on any atom is -0.485 e.